The monoisotopic (exact) mass is 389 g/mol. The van der Waals surface area contributed by atoms with E-state index in [-0.39, 0.29) is 42.8 Å². The first-order valence-electron chi connectivity index (χ1n) is 9.37. The maximum atomic E-state index is 12.3. The minimum atomic E-state index is -0.345. The van der Waals surface area contributed by atoms with Crippen LogP contribution in [0.25, 0.3) is 10.9 Å². The summed E-state index contributed by atoms with van der Waals surface area (Å²) < 4.78 is 0. The van der Waals surface area contributed by atoms with E-state index in [0.29, 0.717) is 23.1 Å². The summed E-state index contributed by atoms with van der Waals surface area (Å²) in [5, 5.41) is 3.62. The number of carbonyl (C=O) groups excluding carboxylic acids is 3. The van der Waals surface area contributed by atoms with E-state index in [0.717, 1.165) is 15.8 Å². The van der Waals surface area contributed by atoms with Crippen LogP contribution in [0.2, 0.25) is 0 Å². The van der Waals surface area contributed by atoms with Crippen molar-refractivity contribution in [3.8, 4) is 0 Å². The van der Waals surface area contributed by atoms with E-state index in [2.05, 4.69) is 10.3 Å². The summed E-state index contributed by atoms with van der Waals surface area (Å²) in [7, 11) is 0. The number of para-hydroxylation sites is 1. The minimum absolute atomic E-state index is 0.106. The van der Waals surface area contributed by atoms with E-state index in [9.17, 15) is 19.2 Å². The molecule has 29 heavy (non-hydrogen) atoms. The molecule has 0 saturated heterocycles. The average Bonchev–Trinajstić information content (AvgIpc) is 2.97. The van der Waals surface area contributed by atoms with Gasteiger partial charge in [0.25, 0.3) is 17.4 Å². The zero-order valence-corrected chi connectivity index (χ0v) is 15.6. The highest BCUT2D eigenvalue weighted by Crippen LogP contribution is 2.21. The van der Waals surface area contributed by atoms with E-state index in [1.165, 1.54) is 0 Å². The molecule has 0 bridgehead atoms. The first kappa shape index (κ1) is 18.6. The van der Waals surface area contributed by atoms with E-state index in [4.69, 9.17) is 0 Å². The molecule has 1 aliphatic heterocycles. The molecule has 2 N–H and O–H groups in total. The Balaban J connectivity index is 1.30. The molecule has 0 fully saturated rings. The van der Waals surface area contributed by atoms with Gasteiger partial charge in [0, 0.05) is 30.6 Å². The molecular weight excluding hydrogens is 370 g/mol. The molecule has 0 atom stereocenters. The Bertz CT molecular complexity index is 1150. The zero-order valence-electron chi connectivity index (χ0n) is 15.6. The van der Waals surface area contributed by atoms with Crippen molar-refractivity contribution >= 4 is 28.6 Å². The molecule has 0 spiro atoms. The number of nitrogens with one attached hydrogen (secondary N) is 2. The number of amides is 3. The summed E-state index contributed by atoms with van der Waals surface area (Å²) in [6.07, 6.45) is 0.447. The van der Waals surface area contributed by atoms with E-state index in [1.807, 2.05) is 24.3 Å². The van der Waals surface area contributed by atoms with Crippen molar-refractivity contribution < 1.29 is 14.4 Å². The molecule has 0 aliphatic carbocycles. The number of rotatable bonds is 6. The van der Waals surface area contributed by atoms with Gasteiger partial charge in [-0.2, -0.15) is 0 Å². The van der Waals surface area contributed by atoms with Crippen molar-refractivity contribution in [3.63, 3.8) is 0 Å². The molecule has 1 aliphatic rings. The first-order chi connectivity index (χ1) is 14.0. The predicted octanol–water partition coefficient (Wildman–Crippen LogP) is 1.87. The molecule has 7 nitrogen and oxygen atoms in total. The third-order valence-electron chi connectivity index (χ3n) is 4.99. The Labute approximate surface area is 166 Å². The second kappa shape index (κ2) is 7.71. The van der Waals surface area contributed by atoms with Crippen LogP contribution in [0.4, 0.5) is 0 Å². The van der Waals surface area contributed by atoms with Gasteiger partial charge < -0.3 is 10.3 Å². The lowest BCUT2D eigenvalue weighted by atomic mass is 10.1. The number of aromatic nitrogens is 1. The minimum Gasteiger partial charge on any atom is -0.354 e. The number of benzene rings is 2. The Morgan fingerprint density at radius 1 is 0.931 bits per heavy atom. The summed E-state index contributed by atoms with van der Waals surface area (Å²) in [5.41, 5.74) is 1.87. The SMILES string of the molecule is O=C(CCc1cc2ccccc2[nH]c1=O)NCCN1C(=O)c2ccccc2C1=O. The topological polar surface area (TPSA) is 99.3 Å². The van der Waals surface area contributed by atoms with Crippen LogP contribution in [-0.4, -0.2) is 40.7 Å². The number of aryl methyl sites for hydroxylation is 1. The van der Waals surface area contributed by atoms with Gasteiger partial charge in [-0.3, -0.25) is 24.1 Å². The number of nitrogens with zero attached hydrogens (tertiary/aromatic N) is 1. The lowest BCUT2D eigenvalue weighted by molar-refractivity contribution is -0.121. The smallest absolute Gasteiger partial charge is 0.261 e. The van der Waals surface area contributed by atoms with Crippen LogP contribution in [0.3, 0.4) is 0 Å². The highest BCUT2D eigenvalue weighted by atomic mass is 16.2. The van der Waals surface area contributed by atoms with Gasteiger partial charge in [0.1, 0.15) is 0 Å². The quantitative estimate of drug-likeness (QED) is 0.629. The van der Waals surface area contributed by atoms with Gasteiger partial charge in [-0.05, 0) is 36.1 Å². The molecule has 2 heterocycles. The highest BCUT2D eigenvalue weighted by molar-refractivity contribution is 6.21. The number of hydrogen-bond donors (Lipinski definition) is 2. The Morgan fingerprint density at radius 2 is 1.59 bits per heavy atom. The number of carbonyl (C=O) groups is 3. The van der Waals surface area contributed by atoms with Gasteiger partial charge in [-0.1, -0.05) is 30.3 Å². The fourth-order valence-corrected chi connectivity index (χ4v) is 3.46. The average molecular weight is 389 g/mol. The fourth-order valence-electron chi connectivity index (χ4n) is 3.46. The van der Waals surface area contributed by atoms with Crippen molar-refractivity contribution in [1.29, 1.82) is 0 Å². The van der Waals surface area contributed by atoms with Crippen molar-refractivity contribution in [2.45, 2.75) is 12.8 Å². The summed E-state index contributed by atoms with van der Waals surface area (Å²) >= 11 is 0. The van der Waals surface area contributed by atoms with Crippen LogP contribution in [0.1, 0.15) is 32.7 Å². The first-order valence-corrected chi connectivity index (χ1v) is 9.37. The molecule has 1 aromatic heterocycles. The molecule has 0 saturated carbocycles. The maximum Gasteiger partial charge on any atom is 0.261 e. The summed E-state index contributed by atoms with van der Waals surface area (Å²) in [6.45, 7) is 0.271. The van der Waals surface area contributed by atoms with E-state index < -0.39 is 0 Å². The molecular formula is C22H19N3O4. The standard InChI is InChI=1S/C22H19N3O4/c26-19(10-9-15-13-14-5-1-4-8-18(14)24-20(15)27)23-11-12-25-21(28)16-6-2-3-7-17(16)22(25)29/h1-8,13H,9-12H2,(H,23,26)(H,24,27). The molecule has 0 unspecified atom stereocenters. The number of pyridine rings is 1. The summed E-state index contributed by atoms with van der Waals surface area (Å²) in [5.74, 6) is -0.931. The van der Waals surface area contributed by atoms with Crippen LogP contribution in [0.15, 0.2) is 59.4 Å². The lowest BCUT2D eigenvalue weighted by Crippen LogP contribution is -2.38. The molecule has 3 aromatic rings. The number of hydrogen-bond acceptors (Lipinski definition) is 4. The van der Waals surface area contributed by atoms with Crippen molar-refractivity contribution in [2.24, 2.45) is 0 Å². The third-order valence-corrected chi connectivity index (χ3v) is 4.99. The van der Waals surface area contributed by atoms with Crippen LogP contribution in [-0.2, 0) is 11.2 Å². The van der Waals surface area contributed by atoms with Gasteiger partial charge in [-0.15, -0.1) is 0 Å². The molecule has 7 heteroatoms. The Hall–Kier alpha value is -3.74. The molecule has 146 valence electrons. The maximum absolute atomic E-state index is 12.3. The van der Waals surface area contributed by atoms with Gasteiger partial charge in [0.2, 0.25) is 5.91 Å². The predicted molar refractivity (Wildman–Crippen MR) is 108 cm³/mol. The van der Waals surface area contributed by atoms with Crippen molar-refractivity contribution in [3.05, 3.63) is 81.6 Å². The van der Waals surface area contributed by atoms with E-state index in [1.54, 1.807) is 30.3 Å². The van der Waals surface area contributed by atoms with E-state index >= 15 is 0 Å². The van der Waals surface area contributed by atoms with Crippen molar-refractivity contribution in [1.82, 2.24) is 15.2 Å². The number of imide groups is 1. The largest absolute Gasteiger partial charge is 0.354 e. The molecule has 3 amide bonds. The highest BCUT2D eigenvalue weighted by Gasteiger charge is 2.34. The van der Waals surface area contributed by atoms with Crippen molar-refractivity contribution in [2.75, 3.05) is 13.1 Å². The Morgan fingerprint density at radius 3 is 2.31 bits per heavy atom. The lowest BCUT2D eigenvalue weighted by Gasteiger charge is -2.14. The molecule has 2 aromatic carbocycles. The second-order valence-corrected chi connectivity index (χ2v) is 6.87. The van der Waals surface area contributed by atoms with Crippen LogP contribution < -0.4 is 10.9 Å². The Kier molecular flexibility index (Phi) is 4.95. The van der Waals surface area contributed by atoms with Crippen LogP contribution >= 0.6 is 0 Å². The van der Waals surface area contributed by atoms with Gasteiger partial charge in [0.05, 0.1) is 11.1 Å². The molecule has 4 rings (SSSR count). The van der Waals surface area contributed by atoms with Gasteiger partial charge >= 0.3 is 0 Å². The zero-order chi connectivity index (χ0) is 20.4. The normalized spacial score (nSPS) is 13.0. The molecule has 0 radical (unpaired) electrons. The number of aromatic amines is 1. The summed E-state index contributed by atoms with van der Waals surface area (Å²) in [4.78, 5) is 52.8. The van der Waals surface area contributed by atoms with Gasteiger partial charge in [0.15, 0.2) is 0 Å². The van der Waals surface area contributed by atoms with Gasteiger partial charge in [-0.25, -0.2) is 0 Å². The number of H-pyrrole nitrogens is 1. The fraction of sp³-hybridized carbons (Fsp3) is 0.182. The van der Waals surface area contributed by atoms with Crippen LogP contribution in [0, 0.1) is 0 Å². The number of fused-ring (bicyclic) bond motifs is 2. The second-order valence-electron chi connectivity index (χ2n) is 6.87. The third kappa shape index (κ3) is 3.67. The summed E-state index contributed by atoms with van der Waals surface area (Å²) in [6, 6.07) is 15.9. The van der Waals surface area contributed by atoms with Crippen LogP contribution in [0.5, 0.6) is 0 Å².